The number of rotatable bonds is 8. The Morgan fingerprint density at radius 2 is 1.84 bits per heavy atom. The van der Waals surface area contributed by atoms with E-state index in [1.165, 1.54) is 19.3 Å². The fraction of sp³-hybridized carbons (Fsp3) is 0.368. The number of aliphatic hydroxyl groups is 1. The average Bonchev–Trinajstić information content (AvgIpc) is 3.60. The fourth-order valence-electron chi connectivity index (χ4n) is 8.21. The van der Waals surface area contributed by atoms with Gasteiger partial charge in [0.05, 0.1) is 25.2 Å². The number of ether oxygens (including phenoxy) is 5. The van der Waals surface area contributed by atoms with Gasteiger partial charge in [-0.25, -0.2) is 4.79 Å². The van der Waals surface area contributed by atoms with E-state index < -0.39 is 30.5 Å². The molecule has 5 atom stereocenters. The number of benzene rings is 3. The van der Waals surface area contributed by atoms with Crippen molar-refractivity contribution < 1.29 is 43.5 Å². The number of aromatic hydroxyl groups is 1. The number of aliphatic hydroxyl groups excluding tert-OH is 1. The number of carbonyl (C=O) groups excluding carboxylic acids is 2. The van der Waals surface area contributed by atoms with Crippen molar-refractivity contribution in [2.24, 2.45) is 0 Å². The van der Waals surface area contributed by atoms with Gasteiger partial charge in [0.1, 0.15) is 18.6 Å². The molecule has 4 aliphatic heterocycles. The zero-order chi connectivity index (χ0) is 35.3. The molecule has 1 fully saturated rings. The number of piperazine rings is 1. The van der Waals surface area contributed by atoms with Crippen LogP contribution in [-0.4, -0.2) is 84.5 Å². The number of likely N-dealkylation sites (N-methyl/N-ethyl adjacent to an activating group) is 1. The Morgan fingerprint density at radius 3 is 2.58 bits per heavy atom. The number of aryl methyl sites for hydroxylation is 1. The smallest absolute Gasteiger partial charge is 0.504 e. The molecule has 12 nitrogen and oxygen atoms in total. The van der Waals surface area contributed by atoms with Crippen LogP contribution in [0.15, 0.2) is 55.1 Å². The van der Waals surface area contributed by atoms with Gasteiger partial charge in [0.2, 0.25) is 12.7 Å². The number of phenols is 1. The van der Waals surface area contributed by atoms with Crippen molar-refractivity contribution in [3.8, 4) is 28.7 Å². The van der Waals surface area contributed by atoms with Crippen LogP contribution in [0.2, 0.25) is 0 Å². The largest absolute Gasteiger partial charge is 0.514 e. The Kier molecular flexibility index (Phi) is 8.93. The Morgan fingerprint density at radius 1 is 1.08 bits per heavy atom. The van der Waals surface area contributed by atoms with Crippen LogP contribution in [0, 0.1) is 13.8 Å². The normalized spacial score (nSPS) is 23.4. The summed E-state index contributed by atoms with van der Waals surface area (Å²) in [6.45, 7) is 7.28. The third kappa shape index (κ3) is 5.53. The highest BCUT2D eigenvalue weighted by Gasteiger charge is 2.56. The van der Waals surface area contributed by atoms with E-state index in [4.69, 9.17) is 23.7 Å². The molecule has 3 N–H and O–H groups in total. The quantitative estimate of drug-likeness (QED) is 0.134. The molecule has 3 aromatic rings. The predicted octanol–water partition coefficient (Wildman–Crippen LogP) is 4.47. The Hall–Kier alpha value is -5.04. The highest BCUT2D eigenvalue weighted by atomic mass is 16.7. The van der Waals surface area contributed by atoms with E-state index in [9.17, 15) is 19.8 Å². The van der Waals surface area contributed by atoms with E-state index in [2.05, 4.69) is 16.8 Å². The van der Waals surface area contributed by atoms with Crippen molar-refractivity contribution in [3.63, 3.8) is 0 Å². The third-order valence-electron chi connectivity index (χ3n) is 10.3. The second kappa shape index (κ2) is 13.3. The van der Waals surface area contributed by atoms with Crippen LogP contribution in [0.1, 0.15) is 51.0 Å². The topological polar surface area (TPSA) is 139 Å². The van der Waals surface area contributed by atoms with Crippen molar-refractivity contribution in [1.82, 2.24) is 15.1 Å². The maximum atomic E-state index is 13.3. The lowest BCUT2D eigenvalue weighted by atomic mass is 9.73. The van der Waals surface area contributed by atoms with Crippen molar-refractivity contribution in [3.05, 3.63) is 94.1 Å². The molecule has 4 aliphatic rings. The number of carbonyl (C=O) groups is 2. The molecule has 12 heteroatoms. The fourth-order valence-corrected chi connectivity index (χ4v) is 8.21. The van der Waals surface area contributed by atoms with Gasteiger partial charge in [-0.1, -0.05) is 49.1 Å². The van der Waals surface area contributed by atoms with Gasteiger partial charge in [-0.15, -0.1) is 0 Å². The number of hydrogen-bond donors (Lipinski definition) is 3. The first-order valence-electron chi connectivity index (χ1n) is 16.6. The molecular formula is C38H41N3O9. The van der Waals surface area contributed by atoms with E-state index in [0.717, 1.165) is 22.3 Å². The van der Waals surface area contributed by atoms with Gasteiger partial charge in [0.25, 0.3) is 0 Å². The van der Waals surface area contributed by atoms with Gasteiger partial charge < -0.3 is 39.2 Å². The number of nitrogens with zero attached hydrogens (tertiary/aromatic N) is 2. The van der Waals surface area contributed by atoms with Crippen LogP contribution in [0.3, 0.4) is 0 Å². The number of methoxy groups -OCH3 is 1. The van der Waals surface area contributed by atoms with E-state index in [1.807, 2.05) is 55.3 Å². The highest BCUT2D eigenvalue weighted by Crippen LogP contribution is 2.58. The maximum absolute atomic E-state index is 13.3. The second-order valence-corrected chi connectivity index (χ2v) is 13.0. The summed E-state index contributed by atoms with van der Waals surface area (Å²) in [5.41, 5.74) is 5.18. The number of phenolic OH excluding ortho intramolecular Hbond substituents is 1. The molecule has 7 rings (SSSR count). The molecule has 0 aliphatic carbocycles. The molecule has 0 saturated carbocycles. The average molecular weight is 684 g/mol. The van der Waals surface area contributed by atoms with E-state index in [-0.39, 0.29) is 43.4 Å². The summed E-state index contributed by atoms with van der Waals surface area (Å²) in [6.07, 6.45) is 3.54. The minimum Gasteiger partial charge on any atom is -0.504 e. The first kappa shape index (κ1) is 33.5. The molecule has 2 bridgehead atoms. The van der Waals surface area contributed by atoms with Crippen LogP contribution < -0.4 is 24.3 Å². The minimum atomic E-state index is -0.977. The Bertz CT molecular complexity index is 1880. The molecule has 262 valence electrons. The van der Waals surface area contributed by atoms with E-state index in [0.29, 0.717) is 46.8 Å². The predicted molar refractivity (Wildman–Crippen MR) is 183 cm³/mol. The van der Waals surface area contributed by atoms with Gasteiger partial charge in [-0.3, -0.25) is 14.6 Å². The molecule has 1 amide bonds. The van der Waals surface area contributed by atoms with Gasteiger partial charge in [-0.05, 0) is 56.5 Å². The van der Waals surface area contributed by atoms with Gasteiger partial charge in [0, 0.05) is 40.9 Å². The summed E-state index contributed by atoms with van der Waals surface area (Å²) in [6, 6.07) is 9.67. The lowest BCUT2D eigenvalue weighted by molar-refractivity contribution is -0.172. The third-order valence-corrected chi connectivity index (χ3v) is 10.3. The molecule has 0 radical (unpaired) electrons. The molecule has 50 heavy (non-hydrogen) atoms. The highest BCUT2D eigenvalue weighted by molar-refractivity contribution is 5.91. The zero-order valence-corrected chi connectivity index (χ0v) is 28.5. The maximum Gasteiger partial charge on any atom is 0.514 e. The molecule has 0 aromatic heterocycles. The van der Waals surface area contributed by atoms with Gasteiger partial charge >= 0.3 is 6.16 Å². The Labute approximate surface area is 290 Å². The lowest BCUT2D eigenvalue weighted by Gasteiger charge is -2.60. The summed E-state index contributed by atoms with van der Waals surface area (Å²) < 4.78 is 28.8. The van der Waals surface area contributed by atoms with Crippen molar-refractivity contribution in [2.75, 3.05) is 34.1 Å². The molecule has 0 spiro atoms. The summed E-state index contributed by atoms with van der Waals surface area (Å²) in [5, 5.41) is 27.0. The second-order valence-electron chi connectivity index (χ2n) is 13.0. The summed E-state index contributed by atoms with van der Waals surface area (Å²) in [7, 11) is 3.48. The lowest BCUT2D eigenvalue weighted by Crippen LogP contribution is -2.69. The number of hydrogen-bond acceptors (Lipinski definition) is 11. The van der Waals surface area contributed by atoms with E-state index in [1.54, 1.807) is 13.0 Å². The summed E-state index contributed by atoms with van der Waals surface area (Å²) >= 11 is 0. The summed E-state index contributed by atoms with van der Waals surface area (Å²) in [5.74, 6) is 1.28. The van der Waals surface area contributed by atoms with E-state index >= 15 is 0 Å². The summed E-state index contributed by atoms with van der Waals surface area (Å²) in [4.78, 5) is 30.3. The minimum absolute atomic E-state index is 0.0378. The number of nitrogens with one attached hydrogen (secondary N) is 1. The monoisotopic (exact) mass is 683 g/mol. The molecule has 1 saturated heterocycles. The SMILES string of the molecule is C=CCOC(=O)Oc1c(C)c2c(c3c1CC1C4c5c(cc(C)c(OC)c5O)CC([C@H](O)N1[C@H]3CNC(=O)/C=C/c1ccccc1)N4C)OCO2. The van der Waals surface area contributed by atoms with Crippen molar-refractivity contribution in [1.29, 1.82) is 0 Å². The molecule has 4 heterocycles. The van der Waals surface area contributed by atoms with Gasteiger partial charge in [0.15, 0.2) is 23.0 Å². The molecular weight excluding hydrogens is 642 g/mol. The standard InChI is InChI=1S/C38H41N3O9/c1-6-14-47-38(45)50-34-21(3)35-36(49-19-48-35)30-24(34)17-25-31-29-23(15-20(2)33(46-5)32(29)43)16-26(40(31)4)37(44)41(25)27(30)18-39-28(42)13-12-22-10-8-7-9-11-22/h6-13,15,25-27,31,37,43-44H,1,14,16-19H2,2-5H3,(H,39,42)/b13-12+/t25?,26?,27-,31?,37-/m0/s1. The van der Waals surface area contributed by atoms with Crippen molar-refractivity contribution >= 4 is 18.1 Å². The first-order valence-corrected chi connectivity index (χ1v) is 16.6. The number of amides is 1. The molecule has 3 aromatic carbocycles. The Balaban J connectivity index is 1.37. The van der Waals surface area contributed by atoms with Crippen LogP contribution >= 0.6 is 0 Å². The van der Waals surface area contributed by atoms with Crippen LogP contribution in [0.5, 0.6) is 28.7 Å². The van der Waals surface area contributed by atoms with Crippen molar-refractivity contribution in [2.45, 2.75) is 57.1 Å². The van der Waals surface area contributed by atoms with Crippen LogP contribution in [0.25, 0.3) is 6.08 Å². The van der Waals surface area contributed by atoms with Crippen LogP contribution in [0.4, 0.5) is 4.79 Å². The number of fused-ring (bicyclic) bond motifs is 9. The van der Waals surface area contributed by atoms with Crippen LogP contribution in [-0.2, 0) is 22.4 Å². The zero-order valence-electron chi connectivity index (χ0n) is 28.5. The molecule has 3 unspecified atom stereocenters. The first-order chi connectivity index (χ1) is 24.1. The van der Waals surface area contributed by atoms with Gasteiger partial charge in [-0.2, -0.15) is 0 Å².